The SMILES string of the molecule is Ic1ccc(Nc2nc3ccccc3c3nc(-c4ccccc4)[nH]c23)cc1. The van der Waals surface area contributed by atoms with E-state index in [1.165, 1.54) is 3.57 Å². The number of nitrogens with one attached hydrogen (secondary N) is 2. The van der Waals surface area contributed by atoms with Gasteiger partial charge in [0, 0.05) is 20.2 Å². The summed E-state index contributed by atoms with van der Waals surface area (Å²) < 4.78 is 1.20. The molecule has 0 radical (unpaired) electrons. The minimum Gasteiger partial charge on any atom is -0.338 e. The van der Waals surface area contributed by atoms with Crippen LogP contribution in [0.25, 0.3) is 33.3 Å². The molecule has 0 bridgehead atoms. The Morgan fingerprint density at radius 1 is 0.778 bits per heavy atom. The number of hydrogen-bond donors (Lipinski definition) is 2. The van der Waals surface area contributed by atoms with Crippen LogP contribution in [0.3, 0.4) is 0 Å². The first-order chi connectivity index (χ1) is 13.3. The van der Waals surface area contributed by atoms with Gasteiger partial charge >= 0.3 is 0 Å². The summed E-state index contributed by atoms with van der Waals surface area (Å²) in [7, 11) is 0. The van der Waals surface area contributed by atoms with E-state index >= 15 is 0 Å². The fraction of sp³-hybridized carbons (Fsp3) is 0. The molecule has 0 aliphatic carbocycles. The van der Waals surface area contributed by atoms with Gasteiger partial charge in [0.05, 0.1) is 5.52 Å². The van der Waals surface area contributed by atoms with Crippen molar-refractivity contribution in [2.75, 3.05) is 5.32 Å². The minimum atomic E-state index is 0.777. The lowest BCUT2D eigenvalue weighted by molar-refractivity contribution is 1.33. The van der Waals surface area contributed by atoms with Crippen molar-refractivity contribution in [3.05, 3.63) is 82.4 Å². The molecule has 4 nitrogen and oxygen atoms in total. The molecule has 0 aliphatic heterocycles. The van der Waals surface area contributed by atoms with Crippen molar-refractivity contribution in [2.24, 2.45) is 0 Å². The Balaban J connectivity index is 1.73. The predicted octanol–water partition coefficient (Wildman–Crippen LogP) is 6.13. The average molecular weight is 462 g/mol. The second-order valence-corrected chi connectivity index (χ2v) is 7.53. The molecule has 0 amide bonds. The van der Waals surface area contributed by atoms with Crippen LogP contribution in [0.4, 0.5) is 11.5 Å². The van der Waals surface area contributed by atoms with Crippen LogP contribution in [0.1, 0.15) is 0 Å². The number of H-pyrrole nitrogens is 1. The average Bonchev–Trinajstić information content (AvgIpc) is 3.17. The number of para-hydroxylation sites is 1. The highest BCUT2D eigenvalue weighted by molar-refractivity contribution is 14.1. The first kappa shape index (κ1) is 16.3. The number of aromatic amines is 1. The normalized spacial score (nSPS) is 11.1. The van der Waals surface area contributed by atoms with E-state index in [0.29, 0.717) is 0 Å². The van der Waals surface area contributed by atoms with Crippen LogP contribution in [-0.2, 0) is 0 Å². The number of benzene rings is 3. The number of hydrogen-bond acceptors (Lipinski definition) is 3. The van der Waals surface area contributed by atoms with Gasteiger partial charge in [-0.25, -0.2) is 9.97 Å². The van der Waals surface area contributed by atoms with Gasteiger partial charge in [0.1, 0.15) is 16.9 Å². The second kappa shape index (κ2) is 6.66. The van der Waals surface area contributed by atoms with Gasteiger partial charge < -0.3 is 10.3 Å². The summed E-state index contributed by atoms with van der Waals surface area (Å²) in [6.45, 7) is 0. The number of imidazole rings is 1. The summed E-state index contributed by atoms with van der Waals surface area (Å²) in [5.74, 6) is 1.62. The maximum Gasteiger partial charge on any atom is 0.157 e. The zero-order valence-corrected chi connectivity index (χ0v) is 16.4. The third-order valence-corrected chi connectivity index (χ3v) is 5.21. The Kier molecular flexibility index (Phi) is 4.01. The van der Waals surface area contributed by atoms with Crippen molar-refractivity contribution < 1.29 is 0 Å². The molecule has 0 aliphatic rings. The smallest absolute Gasteiger partial charge is 0.157 e. The van der Waals surface area contributed by atoms with E-state index in [-0.39, 0.29) is 0 Å². The molecule has 2 heterocycles. The predicted molar refractivity (Wildman–Crippen MR) is 119 cm³/mol. The molecule has 130 valence electrons. The second-order valence-electron chi connectivity index (χ2n) is 6.28. The number of pyridine rings is 1. The molecule has 5 heteroatoms. The lowest BCUT2D eigenvalue weighted by Gasteiger charge is -2.08. The number of halogens is 1. The van der Waals surface area contributed by atoms with E-state index in [0.717, 1.165) is 44.8 Å². The van der Waals surface area contributed by atoms with Crippen molar-refractivity contribution >= 4 is 56.0 Å². The molecule has 2 aromatic heterocycles. The van der Waals surface area contributed by atoms with Crippen LogP contribution >= 0.6 is 22.6 Å². The van der Waals surface area contributed by atoms with E-state index in [1.807, 2.05) is 36.4 Å². The number of nitrogens with zero attached hydrogens (tertiary/aromatic N) is 2. The Morgan fingerprint density at radius 2 is 1.52 bits per heavy atom. The summed E-state index contributed by atoms with van der Waals surface area (Å²) in [6.07, 6.45) is 0. The van der Waals surface area contributed by atoms with Gasteiger partial charge in [0.25, 0.3) is 0 Å². The minimum absolute atomic E-state index is 0.777. The summed E-state index contributed by atoms with van der Waals surface area (Å²) in [4.78, 5) is 13.2. The number of anilines is 2. The van der Waals surface area contributed by atoms with Gasteiger partial charge in [0.15, 0.2) is 5.82 Å². The van der Waals surface area contributed by atoms with E-state index in [2.05, 4.69) is 75.4 Å². The van der Waals surface area contributed by atoms with Crippen molar-refractivity contribution in [1.82, 2.24) is 15.0 Å². The summed E-state index contributed by atoms with van der Waals surface area (Å²) in [5.41, 5.74) is 4.80. The van der Waals surface area contributed by atoms with Gasteiger partial charge in [-0.05, 0) is 52.9 Å². The van der Waals surface area contributed by atoms with E-state index in [1.54, 1.807) is 0 Å². The Hall–Kier alpha value is -2.93. The third-order valence-electron chi connectivity index (χ3n) is 4.49. The molecular formula is C22H15IN4. The van der Waals surface area contributed by atoms with Gasteiger partial charge in [-0.3, -0.25) is 0 Å². The van der Waals surface area contributed by atoms with Crippen LogP contribution in [0.2, 0.25) is 0 Å². The van der Waals surface area contributed by atoms with Crippen LogP contribution in [0, 0.1) is 3.57 Å². The van der Waals surface area contributed by atoms with E-state index in [4.69, 9.17) is 9.97 Å². The molecule has 0 fully saturated rings. The molecule has 0 spiro atoms. The molecule has 0 atom stereocenters. The first-order valence-electron chi connectivity index (χ1n) is 8.64. The largest absolute Gasteiger partial charge is 0.338 e. The third kappa shape index (κ3) is 3.04. The van der Waals surface area contributed by atoms with Crippen LogP contribution in [0.5, 0.6) is 0 Å². The molecule has 0 saturated heterocycles. The maximum atomic E-state index is 4.89. The lowest BCUT2D eigenvalue weighted by Crippen LogP contribution is -1.96. The quantitative estimate of drug-likeness (QED) is 0.318. The number of rotatable bonds is 3. The highest BCUT2D eigenvalue weighted by Crippen LogP contribution is 2.31. The zero-order valence-electron chi connectivity index (χ0n) is 14.3. The summed E-state index contributed by atoms with van der Waals surface area (Å²) in [6, 6.07) is 26.5. The van der Waals surface area contributed by atoms with Gasteiger partial charge in [-0.15, -0.1) is 0 Å². The Morgan fingerprint density at radius 3 is 2.33 bits per heavy atom. The number of aromatic nitrogens is 3. The molecule has 3 aromatic carbocycles. The molecule has 0 saturated carbocycles. The van der Waals surface area contributed by atoms with Crippen molar-refractivity contribution in [3.63, 3.8) is 0 Å². The highest BCUT2D eigenvalue weighted by atomic mass is 127. The summed E-state index contributed by atoms with van der Waals surface area (Å²) >= 11 is 2.30. The van der Waals surface area contributed by atoms with Crippen LogP contribution in [-0.4, -0.2) is 15.0 Å². The Bertz CT molecular complexity index is 1240. The van der Waals surface area contributed by atoms with Crippen molar-refractivity contribution in [3.8, 4) is 11.4 Å². The zero-order chi connectivity index (χ0) is 18.2. The fourth-order valence-corrected chi connectivity index (χ4v) is 3.54. The van der Waals surface area contributed by atoms with Crippen LogP contribution in [0.15, 0.2) is 78.9 Å². The standard InChI is InChI=1S/C22H15IN4/c23-15-10-12-16(13-11-15)24-22-20-19(17-8-4-5-9-18(17)25-22)26-21(27-20)14-6-2-1-3-7-14/h1-13H,(H,24,25)(H,26,27). The first-order valence-corrected chi connectivity index (χ1v) is 9.72. The highest BCUT2D eigenvalue weighted by Gasteiger charge is 2.14. The summed E-state index contributed by atoms with van der Waals surface area (Å²) in [5, 5.41) is 4.49. The lowest BCUT2D eigenvalue weighted by atomic mass is 10.2. The topological polar surface area (TPSA) is 53.6 Å². The fourth-order valence-electron chi connectivity index (χ4n) is 3.18. The van der Waals surface area contributed by atoms with Gasteiger partial charge in [-0.2, -0.15) is 0 Å². The molecular weight excluding hydrogens is 447 g/mol. The maximum absolute atomic E-state index is 4.89. The van der Waals surface area contributed by atoms with Gasteiger partial charge in [-0.1, -0.05) is 48.5 Å². The van der Waals surface area contributed by atoms with E-state index < -0.39 is 0 Å². The molecule has 0 unspecified atom stereocenters. The van der Waals surface area contributed by atoms with Gasteiger partial charge in [0.2, 0.25) is 0 Å². The van der Waals surface area contributed by atoms with E-state index in [9.17, 15) is 0 Å². The molecule has 5 aromatic rings. The molecule has 27 heavy (non-hydrogen) atoms. The monoisotopic (exact) mass is 462 g/mol. The van der Waals surface area contributed by atoms with Crippen molar-refractivity contribution in [1.29, 1.82) is 0 Å². The van der Waals surface area contributed by atoms with Crippen LogP contribution < -0.4 is 5.32 Å². The van der Waals surface area contributed by atoms with Crippen molar-refractivity contribution in [2.45, 2.75) is 0 Å². The molecule has 2 N–H and O–H groups in total. The number of fused-ring (bicyclic) bond motifs is 3. The Labute approximate surface area is 169 Å². The molecule has 5 rings (SSSR count).